The van der Waals surface area contributed by atoms with E-state index < -0.39 is 0 Å². The van der Waals surface area contributed by atoms with Crippen molar-refractivity contribution in [3.05, 3.63) is 42.5 Å². The zero-order valence-corrected chi connectivity index (χ0v) is 9.43. The molecule has 88 valence electrons. The van der Waals surface area contributed by atoms with Gasteiger partial charge in [-0.05, 0) is 31.2 Å². The number of anilines is 1. The molecule has 0 aliphatic rings. The average molecular weight is 231 g/mol. The van der Waals surface area contributed by atoms with E-state index in [1.54, 1.807) is 12.1 Å². The maximum absolute atomic E-state index is 11.7. The Morgan fingerprint density at radius 3 is 2.76 bits per heavy atom. The summed E-state index contributed by atoms with van der Waals surface area (Å²) in [5, 5.41) is 2.75. The van der Waals surface area contributed by atoms with Gasteiger partial charge in [0.2, 0.25) is 0 Å². The normalized spacial score (nSPS) is 9.94. The lowest BCUT2D eigenvalue weighted by atomic mass is 10.3. The summed E-state index contributed by atoms with van der Waals surface area (Å²) in [5.41, 5.74) is 1.15. The van der Waals surface area contributed by atoms with Crippen molar-refractivity contribution in [1.82, 2.24) is 9.97 Å². The van der Waals surface area contributed by atoms with E-state index in [-0.39, 0.29) is 5.91 Å². The van der Waals surface area contributed by atoms with Crippen LogP contribution in [0.3, 0.4) is 0 Å². The SMILES string of the molecule is CCOc1ccc(NC(=O)c2cnc[nH]2)cc1. The number of amides is 1. The fraction of sp³-hybridized carbons (Fsp3) is 0.167. The Morgan fingerprint density at radius 2 is 2.18 bits per heavy atom. The summed E-state index contributed by atoms with van der Waals surface area (Å²) in [4.78, 5) is 18.2. The molecule has 1 heterocycles. The number of hydrogen-bond donors (Lipinski definition) is 2. The van der Waals surface area contributed by atoms with Gasteiger partial charge in [0.1, 0.15) is 11.4 Å². The van der Waals surface area contributed by atoms with Crippen LogP contribution in [-0.4, -0.2) is 22.5 Å². The number of aromatic amines is 1. The van der Waals surface area contributed by atoms with Crippen LogP contribution in [-0.2, 0) is 0 Å². The maximum atomic E-state index is 11.7. The fourth-order valence-corrected chi connectivity index (χ4v) is 1.38. The summed E-state index contributed by atoms with van der Waals surface area (Å²) in [5.74, 6) is 0.568. The highest BCUT2D eigenvalue weighted by Gasteiger charge is 2.06. The molecule has 0 saturated carbocycles. The molecule has 17 heavy (non-hydrogen) atoms. The van der Waals surface area contributed by atoms with E-state index in [4.69, 9.17) is 4.74 Å². The van der Waals surface area contributed by atoms with Crippen LogP contribution in [0.1, 0.15) is 17.4 Å². The summed E-state index contributed by atoms with van der Waals surface area (Å²) in [7, 11) is 0. The molecule has 0 aliphatic heterocycles. The van der Waals surface area contributed by atoms with Crippen LogP contribution < -0.4 is 10.1 Å². The number of nitrogens with one attached hydrogen (secondary N) is 2. The van der Waals surface area contributed by atoms with Crippen LogP contribution >= 0.6 is 0 Å². The first-order valence-electron chi connectivity index (χ1n) is 5.32. The number of benzene rings is 1. The Hall–Kier alpha value is -2.30. The van der Waals surface area contributed by atoms with Crippen LogP contribution in [0.5, 0.6) is 5.75 Å². The Labute approximate surface area is 98.8 Å². The molecule has 0 aliphatic carbocycles. The van der Waals surface area contributed by atoms with E-state index in [9.17, 15) is 4.79 Å². The van der Waals surface area contributed by atoms with Crippen molar-refractivity contribution >= 4 is 11.6 Å². The van der Waals surface area contributed by atoms with Crippen LogP contribution in [0, 0.1) is 0 Å². The highest BCUT2D eigenvalue weighted by molar-refractivity contribution is 6.02. The number of ether oxygens (including phenoxy) is 1. The monoisotopic (exact) mass is 231 g/mol. The Morgan fingerprint density at radius 1 is 1.41 bits per heavy atom. The lowest BCUT2D eigenvalue weighted by Gasteiger charge is -2.05. The second-order valence-electron chi connectivity index (χ2n) is 3.38. The average Bonchev–Trinajstić information content (AvgIpc) is 2.86. The minimum atomic E-state index is -0.216. The van der Waals surface area contributed by atoms with Crippen molar-refractivity contribution in [2.75, 3.05) is 11.9 Å². The van der Waals surface area contributed by atoms with Crippen molar-refractivity contribution in [3.63, 3.8) is 0 Å². The molecule has 5 heteroatoms. The van der Waals surface area contributed by atoms with Gasteiger partial charge in [-0.25, -0.2) is 4.98 Å². The zero-order valence-electron chi connectivity index (χ0n) is 9.43. The van der Waals surface area contributed by atoms with Crippen LogP contribution in [0.15, 0.2) is 36.8 Å². The van der Waals surface area contributed by atoms with Crippen molar-refractivity contribution in [2.45, 2.75) is 6.92 Å². The third-order valence-corrected chi connectivity index (χ3v) is 2.17. The summed E-state index contributed by atoms with van der Waals surface area (Å²) < 4.78 is 5.31. The van der Waals surface area contributed by atoms with Gasteiger partial charge in [0.25, 0.3) is 5.91 Å². The van der Waals surface area contributed by atoms with Gasteiger partial charge >= 0.3 is 0 Å². The van der Waals surface area contributed by atoms with Gasteiger partial charge < -0.3 is 15.0 Å². The van der Waals surface area contributed by atoms with E-state index in [2.05, 4.69) is 15.3 Å². The topological polar surface area (TPSA) is 67.0 Å². The van der Waals surface area contributed by atoms with Crippen molar-refractivity contribution in [3.8, 4) is 5.75 Å². The van der Waals surface area contributed by atoms with E-state index >= 15 is 0 Å². The van der Waals surface area contributed by atoms with Gasteiger partial charge in [-0.15, -0.1) is 0 Å². The minimum Gasteiger partial charge on any atom is -0.494 e. The maximum Gasteiger partial charge on any atom is 0.273 e. The molecular formula is C12H13N3O2. The standard InChI is InChI=1S/C12H13N3O2/c1-2-17-10-5-3-9(4-6-10)15-12(16)11-7-13-8-14-11/h3-8H,2H2,1H3,(H,13,14)(H,15,16). The Kier molecular flexibility index (Phi) is 3.40. The molecule has 0 fully saturated rings. The number of aromatic nitrogens is 2. The van der Waals surface area contributed by atoms with Crippen molar-refractivity contribution in [2.24, 2.45) is 0 Å². The van der Waals surface area contributed by atoms with E-state index in [1.807, 2.05) is 19.1 Å². The van der Waals surface area contributed by atoms with E-state index in [1.165, 1.54) is 12.5 Å². The van der Waals surface area contributed by atoms with Gasteiger partial charge in [-0.1, -0.05) is 0 Å². The second-order valence-corrected chi connectivity index (χ2v) is 3.38. The van der Waals surface area contributed by atoms with Crippen molar-refractivity contribution < 1.29 is 9.53 Å². The first kappa shape index (κ1) is 11.2. The molecule has 0 saturated heterocycles. The molecule has 0 unspecified atom stereocenters. The first-order valence-corrected chi connectivity index (χ1v) is 5.32. The predicted molar refractivity (Wildman–Crippen MR) is 64.2 cm³/mol. The molecule has 2 rings (SSSR count). The largest absolute Gasteiger partial charge is 0.494 e. The molecule has 0 spiro atoms. The quantitative estimate of drug-likeness (QED) is 0.846. The highest BCUT2D eigenvalue weighted by atomic mass is 16.5. The third kappa shape index (κ3) is 2.84. The van der Waals surface area contributed by atoms with Crippen LogP contribution in [0.2, 0.25) is 0 Å². The summed E-state index contributed by atoms with van der Waals surface area (Å²) in [6.07, 6.45) is 2.94. The van der Waals surface area contributed by atoms with Crippen LogP contribution in [0.25, 0.3) is 0 Å². The Bertz CT molecular complexity index is 477. The van der Waals surface area contributed by atoms with Gasteiger partial charge in [0.15, 0.2) is 0 Å². The highest BCUT2D eigenvalue weighted by Crippen LogP contribution is 2.15. The molecule has 2 aromatic rings. The lowest BCUT2D eigenvalue weighted by Crippen LogP contribution is -2.12. The number of hydrogen-bond acceptors (Lipinski definition) is 3. The summed E-state index contributed by atoms with van der Waals surface area (Å²) in [6, 6.07) is 7.21. The van der Waals surface area contributed by atoms with Gasteiger partial charge in [-0.2, -0.15) is 0 Å². The number of nitrogens with zero attached hydrogens (tertiary/aromatic N) is 1. The minimum absolute atomic E-state index is 0.216. The number of carbonyl (C=O) groups excluding carboxylic acids is 1. The van der Waals surface area contributed by atoms with Crippen LogP contribution in [0.4, 0.5) is 5.69 Å². The molecule has 1 aromatic carbocycles. The van der Waals surface area contributed by atoms with E-state index in [0.29, 0.717) is 18.0 Å². The number of H-pyrrole nitrogens is 1. The molecule has 2 N–H and O–H groups in total. The smallest absolute Gasteiger partial charge is 0.273 e. The van der Waals surface area contributed by atoms with Gasteiger partial charge in [0, 0.05) is 5.69 Å². The summed E-state index contributed by atoms with van der Waals surface area (Å²) >= 11 is 0. The van der Waals surface area contributed by atoms with Gasteiger partial charge in [0.05, 0.1) is 19.1 Å². The first-order chi connectivity index (χ1) is 8.29. The molecule has 5 nitrogen and oxygen atoms in total. The van der Waals surface area contributed by atoms with E-state index in [0.717, 1.165) is 5.75 Å². The fourth-order valence-electron chi connectivity index (χ4n) is 1.38. The molecule has 1 amide bonds. The molecule has 0 bridgehead atoms. The number of imidazole rings is 1. The molecule has 0 atom stereocenters. The lowest BCUT2D eigenvalue weighted by molar-refractivity contribution is 0.102. The summed E-state index contributed by atoms with van der Waals surface area (Å²) in [6.45, 7) is 2.55. The predicted octanol–water partition coefficient (Wildman–Crippen LogP) is 2.06. The number of carbonyl (C=O) groups is 1. The Balaban J connectivity index is 2.01. The number of rotatable bonds is 4. The van der Waals surface area contributed by atoms with Crippen molar-refractivity contribution in [1.29, 1.82) is 0 Å². The van der Waals surface area contributed by atoms with Gasteiger partial charge in [-0.3, -0.25) is 4.79 Å². The zero-order chi connectivity index (χ0) is 12.1. The second kappa shape index (κ2) is 5.16. The molecule has 1 aromatic heterocycles. The molecule has 0 radical (unpaired) electrons. The third-order valence-electron chi connectivity index (χ3n) is 2.17. The molecular weight excluding hydrogens is 218 g/mol.